The molecule has 0 bridgehead atoms. The maximum Gasteiger partial charge on any atom is 0.290 e. The molecular weight excluding hydrogens is 256 g/mol. The van der Waals surface area contributed by atoms with Crippen LogP contribution in [-0.2, 0) is 0 Å². The average molecular weight is 272 g/mol. The van der Waals surface area contributed by atoms with E-state index in [1.807, 2.05) is 0 Å². The van der Waals surface area contributed by atoms with Crippen molar-refractivity contribution in [2.45, 2.75) is 31.7 Å². The molecule has 1 amide bonds. The first-order chi connectivity index (χ1) is 9.74. The van der Waals surface area contributed by atoms with E-state index in [1.165, 1.54) is 0 Å². The Morgan fingerprint density at radius 1 is 1.30 bits per heavy atom. The second kappa shape index (κ2) is 5.36. The SMILES string of the molecule is O=C(NC1CCCC1)c1cc(-c2ccccc2O)no1. The third-order valence-corrected chi connectivity index (χ3v) is 3.60. The first-order valence-corrected chi connectivity index (χ1v) is 6.80. The summed E-state index contributed by atoms with van der Waals surface area (Å²) in [6, 6.07) is 8.61. The van der Waals surface area contributed by atoms with E-state index in [0.717, 1.165) is 25.7 Å². The van der Waals surface area contributed by atoms with Crippen molar-refractivity contribution in [1.82, 2.24) is 10.5 Å². The molecule has 1 aromatic carbocycles. The van der Waals surface area contributed by atoms with Gasteiger partial charge in [0.15, 0.2) is 0 Å². The number of rotatable bonds is 3. The molecule has 5 heteroatoms. The van der Waals surface area contributed by atoms with E-state index >= 15 is 0 Å². The topological polar surface area (TPSA) is 75.4 Å². The van der Waals surface area contributed by atoms with Crippen LogP contribution in [0.3, 0.4) is 0 Å². The van der Waals surface area contributed by atoms with E-state index in [1.54, 1.807) is 30.3 Å². The molecule has 1 fully saturated rings. The minimum atomic E-state index is -0.244. The van der Waals surface area contributed by atoms with Gasteiger partial charge in [-0.15, -0.1) is 0 Å². The van der Waals surface area contributed by atoms with Crippen molar-refractivity contribution < 1.29 is 14.4 Å². The van der Waals surface area contributed by atoms with Gasteiger partial charge in [0.2, 0.25) is 5.76 Å². The zero-order valence-electron chi connectivity index (χ0n) is 11.0. The fourth-order valence-electron chi connectivity index (χ4n) is 2.53. The number of hydrogen-bond acceptors (Lipinski definition) is 4. The molecule has 0 saturated heterocycles. The predicted molar refractivity (Wildman–Crippen MR) is 73.3 cm³/mol. The van der Waals surface area contributed by atoms with Crippen LogP contribution in [0.15, 0.2) is 34.9 Å². The van der Waals surface area contributed by atoms with E-state index in [-0.39, 0.29) is 23.5 Å². The molecule has 2 N–H and O–H groups in total. The van der Waals surface area contributed by atoms with Crippen LogP contribution in [0.5, 0.6) is 5.75 Å². The molecular formula is C15H16N2O3. The zero-order chi connectivity index (χ0) is 13.9. The number of nitrogens with one attached hydrogen (secondary N) is 1. The fraction of sp³-hybridized carbons (Fsp3) is 0.333. The highest BCUT2D eigenvalue weighted by molar-refractivity contribution is 5.92. The standard InChI is InChI=1S/C15H16N2O3/c18-13-8-4-3-7-11(13)12-9-14(20-17-12)15(19)16-10-5-1-2-6-10/h3-4,7-10,18H,1-2,5-6H2,(H,16,19). The fourth-order valence-corrected chi connectivity index (χ4v) is 2.53. The number of aromatic nitrogens is 1. The van der Waals surface area contributed by atoms with Gasteiger partial charge in [0.1, 0.15) is 11.4 Å². The van der Waals surface area contributed by atoms with E-state index in [9.17, 15) is 9.90 Å². The summed E-state index contributed by atoms with van der Waals surface area (Å²) >= 11 is 0. The van der Waals surface area contributed by atoms with Crippen molar-refractivity contribution >= 4 is 5.91 Å². The minimum Gasteiger partial charge on any atom is -0.507 e. The minimum absolute atomic E-state index is 0.114. The second-order valence-electron chi connectivity index (χ2n) is 5.05. The van der Waals surface area contributed by atoms with Gasteiger partial charge in [-0.05, 0) is 25.0 Å². The average Bonchev–Trinajstić information content (AvgIpc) is 3.10. The van der Waals surface area contributed by atoms with Crippen LogP contribution in [0.4, 0.5) is 0 Å². The summed E-state index contributed by atoms with van der Waals surface area (Å²) in [5.74, 6) is 0.0461. The van der Waals surface area contributed by atoms with Crippen molar-refractivity contribution in [3.05, 3.63) is 36.1 Å². The second-order valence-corrected chi connectivity index (χ2v) is 5.05. The van der Waals surface area contributed by atoms with Gasteiger partial charge in [-0.3, -0.25) is 4.79 Å². The number of aromatic hydroxyl groups is 1. The van der Waals surface area contributed by atoms with Crippen LogP contribution >= 0.6 is 0 Å². The number of phenols is 1. The zero-order valence-corrected chi connectivity index (χ0v) is 11.0. The van der Waals surface area contributed by atoms with Gasteiger partial charge in [-0.2, -0.15) is 0 Å². The molecule has 20 heavy (non-hydrogen) atoms. The number of para-hydroxylation sites is 1. The molecule has 1 aliphatic carbocycles. The Morgan fingerprint density at radius 3 is 2.80 bits per heavy atom. The van der Waals surface area contributed by atoms with Gasteiger partial charge in [-0.1, -0.05) is 30.1 Å². The lowest BCUT2D eigenvalue weighted by molar-refractivity contribution is 0.0900. The largest absolute Gasteiger partial charge is 0.507 e. The van der Waals surface area contributed by atoms with Gasteiger partial charge in [0.05, 0.1) is 0 Å². The quantitative estimate of drug-likeness (QED) is 0.900. The van der Waals surface area contributed by atoms with Gasteiger partial charge < -0.3 is 14.9 Å². The highest BCUT2D eigenvalue weighted by Gasteiger charge is 2.21. The summed E-state index contributed by atoms with van der Waals surface area (Å²) in [7, 11) is 0. The molecule has 0 atom stereocenters. The smallest absolute Gasteiger partial charge is 0.290 e. The van der Waals surface area contributed by atoms with Crippen LogP contribution in [0.1, 0.15) is 36.2 Å². The molecule has 0 aliphatic heterocycles. The first-order valence-electron chi connectivity index (χ1n) is 6.80. The lowest BCUT2D eigenvalue weighted by atomic mass is 10.1. The molecule has 0 spiro atoms. The van der Waals surface area contributed by atoms with E-state index in [4.69, 9.17) is 4.52 Å². The monoisotopic (exact) mass is 272 g/mol. The normalized spacial score (nSPS) is 15.4. The van der Waals surface area contributed by atoms with Crippen molar-refractivity contribution in [2.75, 3.05) is 0 Å². The Morgan fingerprint density at radius 2 is 2.05 bits per heavy atom. The van der Waals surface area contributed by atoms with Crippen LogP contribution in [0.2, 0.25) is 0 Å². The first kappa shape index (κ1) is 12.7. The summed E-state index contributed by atoms with van der Waals surface area (Å²) < 4.78 is 5.07. The van der Waals surface area contributed by atoms with Crippen LogP contribution < -0.4 is 5.32 Å². The third kappa shape index (κ3) is 2.52. The van der Waals surface area contributed by atoms with E-state index in [2.05, 4.69) is 10.5 Å². The van der Waals surface area contributed by atoms with Crippen molar-refractivity contribution in [1.29, 1.82) is 0 Å². The highest BCUT2D eigenvalue weighted by Crippen LogP contribution is 2.28. The van der Waals surface area contributed by atoms with E-state index in [0.29, 0.717) is 11.3 Å². The maximum absolute atomic E-state index is 12.0. The number of nitrogens with zero attached hydrogens (tertiary/aromatic N) is 1. The summed E-state index contributed by atoms with van der Waals surface area (Å²) in [4.78, 5) is 12.0. The van der Waals surface area contributed by atoms with Crippen molar-refractivity contribution in [2.24, 2.45) is 0 Å². The van der Waals surface area contributed by atoms with E-state index < -0.39 is 0 Å². The molecule has 104 valence electrons. The Labute approximate surface area is 116 Å². The molecule has 1 heterocycles. The van der Waals surface area contributed by atoms with Gasteiger partial charge in [0.25, 0.3) is 5.91 Å². The third-order valence-electron chi connectivity index (χ3n) is 3.60. The van der Waals surface area contributed by atoms with Crippen molar-refractivity contribution in [3.63, 3.8) is 0 Å². The van der Waals surface area contributed by atoms with Gasteiger partial charge in [0, 0.05) is 17.7 Å². The van der Waals surface area contributed by atoms with Crippen molar-refractivity contribution in [3.8, 4) is 17.0 Å². The number of carbonyl (C=O) groups excluding carboxylic acids is 1. The number of carbonyl (C=O) groups is 1. The Balaban J connectivity index is 1.76. The highest BCUT2D eigenvalue weighted by atomic mass is 16.5. The maximum atomic E-state index is 12.0. The van der Waals surface area contributed by atoms with Crippen LogP contribution in [0, 0.1) is 0 Å². The predicted octanol–water partition coefficient (Wildman–Crippen LogP) is 2.72. The molecule has 1 saturated carbocycles. The Bertz CT molecular complexity index is 615. The summed E-state index contributed by atoms with van der Waals surface area (Å²) in [5.41, 5.74) is 1.01. The molecule has 3 rings (SSSR count). The van der Waals surface area contributed by atoms with Gasteiger partial charge >= 0.3 is 0 Å². The number of benzene rings is 1. The Kier molecular flexibility index (Phi) is 3.41. The summed E-state index contributed by atoms with van der Waals surface area (Å²) in [5, 5.41) is 16.5. The van der Waals surface area contributed by atoms with Crippen LogP contribution in [-0.4, -0.2) is 22.2 Å². The molecule has 2 aromatic rings. The molecule has 0 radical (unpaired) electrons. The Hall–Kier alpha value is -2.30. The molecule has 1 aliphatic rings. The molecule has 1 aromatic heterocycles. The lowest BCUT2D eigenvalue weighted by Crippen LogP contribution is -2.32. The van der Waals surface area contributed by atoms with Gasteiger partial charge in [-0.25, -0.2) is 0 Å². The number of phenolic OH excluding ortho intramolecular Hbond substituents is 1. The molecule has 5 nitrogen and oxygen atoms in total. The molecule has 0 unspecified atom stereocenters. The number of hydrogen-bond donors (Lipinski definition) is 2. The van der Waals surface area contributed by atoms with Crippen LogP contribution in [0.25, 0.3) is 11.3 Å². The lowest BCUT2D eigenvalue weighted by Gasteiger charge is -2.09. The number of amides is 1. The summed E-state index contributed by atoms with van der Waals surface area (Å²) in [6.07, 6.45) is 4.35. The summed E-state index contributed by atoms with van der Waals surface area (Å²) in [6.45, 7) is 0.